The Balaban J connectivity index is 1.36. The van der Waals surface area contributed by atoms with E-state index in [-0.39, 0.29) is 23.7 Å². The largest absolute Gasteiger partial charge is 0.465 e. The van der Waals surface area contributed by atoms with E-state index in [9.17, 15) is 14.4 Å². The molecule has 3 aromatic rings. The van der Waals surface area contributed by atoms with E-state index in [1.54, 1.807) is 18.2 Å². The van der Waals surface area contributed by atoms with E-state index in [0.29, 0.717) is 24.1 Å². The normalized spacial score (nSPS) is 15.4. The van der Waals surface area contributed by atoms with Gasteiger partial charge in [0.25, 0.3) is 0 Å². The highest BCUT2D eigenvalue weighted by atomic mass is 16.5. The number of rotatable bonds is 9. The number of carbonyl (C=O) groups excluding carboxylic acids is 3. The fraction of sp³-hybridized carbons (Fsp3) is 0.258. The van der Waals surface area contributed by atoms with Crippen LogP contribution < -0.4 is 0 Å². The molecule has 1 heterocycles. The first kappa shape index (κ1) is 25.1. The van der Waals surface area contributed by atoms with Crippen LogP contribution in [0.4, 0.5) is 0 Å². The summed E-state index contributed by atoms with van der Waals surface area (Å²) in [6.45, 7) is 2.69. The number of carbonyl (C=O) groups is 3. The molecule has 0 N–H and O–H groups in total. The van der Waals surface area contributed by atoms with E-state index < -0.39 is 0 Å². The van der Waals surface area contributed by atoms with Crippen molar-refractivity contribution < 1.29 is 19.1 Å². The molecular weight excluding hydrogens is 450 g/mol. The number of hydrogen-bond acceptors (Lipinski definition) is 4. The molecule has 0 aromatic heterocycles. The number of allylic oxidation sites excluding steroid dienone is 1. The van der Waals surface area contributed by atoms with E-state index >= 15 is 0 Å². The van der Waals surface area contributed by atoms with Gasteiger partial charge in [0, 0.05) is 18.5 Å². The second kappa shape index (κ2) is 11.6. The second-order valence-electron chi connectivity index (χ2n) is 9.10. The number of ether oxygens (including phenoxy) is 1. The third-order valence-corrected chi connectivity index (χ3v) is 6.69. The van der Waals surface area contributed by atoms with E-state index in [1.165, 1.54) is 7.11 Å². The van der Waals surface area contributed by atoms with Crippen LogP contribution in [0.1, 0.15) is 51.1 Å². The van der Waals surface area contributed by atoms with Gasteiger partial charge in [-0.15, -0.1) is 0 Å². The molecule has 0 spiro atoms. The molecule has 1 fully saturated rings. The Labute approximate surface area is 212 Å². The summed E-state index contributed by atoms with van der Waals surface area (Å²) in [6.07, 6.45) is 6.31. The number of likely N-dealkylation sites (tertiary alicyclic amines) is 1. The van der Waals surface area contributed by atoms with Crippen molar-refractivity contribution in [3.8, 4) is 11.1 Å². The lowest BCUT2D eigenvalue weighted by Gasteiger charge is -2.22. The van der Waals surface area contributed by atoms with Crippen LogP contribution in [0.5, 0.6) is 0 Å². The van der Waals surface area contributed by atoms with Gasteiger partial charge in [0.15, 0.2) is 5.78 Å². The monoisotopic (exact) mass is 481 g/mol. The van der Waals surface area contributed by atoms with Gasteiger partial charge >= 0.3 is 5.97 Å². The standard InChI is InChI=1S/C31H31NO4/c1-22-7-3-4-11-28(22)25-9-5-10-26(21-25)29(33)18-16-27-17-19-30(34)32(27)20-6-8-23-12-14-24(15-13-23)31(35)36-2/h3-5,7,9-16,18,21,27H,6,8,17,19-20H2,1-2H3/b18-16+/t27-/m0/s1. The van der Waals surface area contributed by atoms with Crippen molar-refractivity contribution in [2.45, 2.75) is 38.6 Å². The summed E-state index contributed by atoms with van der Waals surface area (Å²) >= 11 is 0. The Hall–Kier alpha value is -3.99. The summed E-state index contributed by atoms with van der Waals surface area (Å²) in [5.41, 5.74) is 5.56. The maximum Gasteiger partial charge on any atom is 0.337 e. The van der Waals surface area contributed by atoms with E-state index in [1.807, 2.05) is 59.5 Å². The molecule has 1 aliphatic rings. The maximum atomic E-state index is 12.9. The zero-order valence-corrected chi connectivity index (χ0v) is 20.8. The molecule has 36 heavy (non-hydrogen) atoms. The lowest BCUT2D eigenvalue weighted by Crippen LogP contribution is -2.33. The number of ketones is 1. The predicted octanol–water partition coefficient (Wildman–Crippen LogP) is 5.81. The molecule has 0 saturated carbocycles. The fourth-order valence-electron chi connectivity index (χ4n) is 4.66. The number of aryl methyl sites for hydroxylation is 2. The molecule has 0 radical (unpaired) electrons. The Morgan fingerprint density at radius 3 is 2.53 bits per heavy atom. The lowest BCUT2D eigenvalue weighted by molar-refractivity contribution is -0.128. The molecule has 1 atom stereocenters. The minimum Gasteiger partial charge on any atom is -0.465 e. The maximum absolute atomic E-state index is 12.9. The quantitative estimate of drug-likeness (QED) is 0.220. The van der Waals surface area contributed by atoms with Gasteiger partial charge in [-0.1, -0.05) is 60.7 Å². The molecule has 5 nitrogen and oxygen atoms in total. The zero-order valence-electron chi connectivity index (χ0n) is 20.8. The molecule has 1 saturated heterocycles. The summed E-state index contributed by atoms with van der Waals surface area (Å²) in [5, 5.41) is 0. The molecule has 1 aliphatic heterocycles. The van der Waals surface area contributed by atoms with Gasteiger partial charge in [-0.25, -0.2) is 4.79 Å². The van der Waals surface area contributed by atoms with Crippen molar-refractivity contribution in [3.05, 3.63) is 107 Å². The Morgan fingerprint density at radius 1 is 1.00 bits per heavy atom. The molecular formula is C31H31NO4. The molecule has 0 aliphatic carbocycles. The third-order valence-electron chi connectivity index (χ3n) is 6.69. The molecule has 0 bridgehead atoms. The van der Waals surface area contributed by atoms with Gasteiger partial charge in [-0.05, 0) is 72.7 Å². The summed E-state index contributed by atoms with van der Waals surface area (Å²) in [6, 6.07) is 23.1. The van der Waals surface area contributed by atoms with Crippen LogP contribution in [-0.2, 0) is 16.0 Å². The molecule has 0 unspecified atom stereocenters. The average molecular weight is 482 g/mol. The number of hydrogen-bond donors (Lipinski definition) is 0. The molecule has 1 amide bonds. The van der Waals surface area contributed by atoms with Crippen LogP contribution in [0.15, 0.2) is 84.9 Å². The van der Waals surface area contributed by atoms with Crippen LogP contribution in [0.2, 0.25) is 0 Å². The summed E-state index contributed by atoms with van der Waals surface area (Å²) in [7, 11) is 1.37. The topological polar surface area (TPSA) is 63.7 Å². The SMILES string of the molecule is COC(=O)c1ccc(CCCN2C(=O)CC[C@@H]2/C=C/C(=O)c2cccc(-c3ccccc3C)c2)cc1. The number of methoxy groups -OCH3 is 1. The average Bonchev–Trinajstić information content (AvgIpc) is 3.26. The zero-order chi connectivity index (χ0) is 25.5. The van der Waals surface area contributed by atoms with Crippen molar-refractivity contribution >= 4 is 17.7 Å². The van der Waals surface area contributed by atoms with E-state index in [4.69, 9.17) is 4.74 Å². The Bertz CT molecular complexity index is 1280. The van der Waals surface area contributed by atoms with Gasteiger partial charge in [-0.3, -0.25) is 9.59 Å². The Morgan fingerprint density at radius 2 is 1.78 bits per heavy atom. The van der Waals surface area contributed by atoms with Crippen molar-refractivity contribution in [2.24, 2.45) is 0 Å². The third kappa shape index (κ3) is 5.98. The van der Waals surface area contributed by atoms with Crippen molar-refractivity contribution in [2.75, 3.05) is 13.7 Å². The predicted molar refractivity (Wildman–Crippen MR) is 141 cm³/mol. The highest BCUT2D eigenvalue weighted by Gasteiger charge is 2.28. The summed E-state index contributed by atoms with van der Waals surface area (Å²) in [4.78, 5) is 38.9. The van der Waals surface area contributed by atoms with Crippen LogP contribution in [0.3, 0.4) is 0 Å². The van der Waals surface area contributed by atoms with Gasteiger partial charge in [0.1, 0.15) is 0 Å². The molecule has 5 heteroatoms. The first-order valence-electron chi connectivity index (χ1n) is 12.3. The highest BCUT2D eigenvalue weighted by molar-refractivity contribution is 6.05. The van der Waals surface area contributed by atoms with E-state index in [0.717, 1.165) is 41.5 Å². The second-order valence-corrected chi connectivity index (χ2v) is 9.10. The number of amides is 1. The number of benzene rings is 3. The molecule has 3 aromatic carbocycles. The van der Waals surface area contributed by atoms with Gasteiger partial charge < -0.3 is 9.64 Å². The van der Waals surface area contributed by atoms with Gasteiger partial charge in [0.05, 0.1) is 18.7 Å². The van der Waals surface area contributed by atoms with Crippen LogP contribution in [-0.4, -0.2) is 42.3 Å². The lowest BCUT2D eigenvalue weighted by atomic mass is 9.97. The minimum atomic E-state index is -0.352. The summed E-state index contributed by atoms with van der Waals surface area (Å²) < 4.78 is 4.73. The smallest absolute Gasteiger partial charge is 0.337 e. The first-order chi connectivity index (χ1) is 17.5. The fourth-order valence-corrected chi connectivity index (χ4v) is 4.66. The van der Waals surface area contributed by atoms with Crippen molar-refractivity contribution in [3.63, 3.8) is 0 Å². The van der Waals surface area contributed by atoms with Crippen LogP contribution in [0, 0.1) is 6.92 Å². The highest BCUT2D eigenvalue weighted by Crippen LogP contribution is 2.25. The van der Waals surface area contributed by atoms with Crippen molar-refractivity contribution in [1.82, 2.24) is 4.90 Å². The molecule has 184 valence electrons. The van der Waals surface area contributed by atoms with Crippen LogP contribution >= 0.6 is 0 Å². The number of nitrogens with zero attached hydrogens (tertiary/aromatic N) is 1. The Kier molecular flexibility index (Phi) is 8.11. The van der Waals surface area contributed by atoms with Gasteiger partial charge in [-0.2, -0.15) is 0 Å². The summed E-state index contributed by atoms with van der Waals surface area (Å²) in [5.74, 6) is -0.287. The van der Waals surface area contributed by atoms with Gasteiger partial charge in [0.2, 0.25) is 5.91 Å². The van der Waals surface area contributed by atoms with Crippen molar-refractivity contribution in [1.29, 1.82) is 0 Å². The first-order valence-corrected chi connectivity index (χ1v) is 12.3. The minimum absolute atomic E-state index is 0.0598. The molecule has 4 rings (SSSR count). The van der Waals surface area contributed by atoms with Crippen LogP contribution in [0.25, 0.3) is 11.1 Å². The van der Waals surface area contributed by atoms with E-state index in [2.05, 4.69) is 19.1 Å². The number of esters is 1.